The highest BCUT2D eigenvalue weighted by Gasteiger charge is 2.49. The van der Waals surface area contributed by atoms with Gasteiger partial charge in [-0.15, -0.1) is 11.8 Å². The third kappa shape index (κ3) is 3.52. The molecule has 0 aliphatic carbocycles. The number of ether oxygens (including phenoxy) is 2. The Labute approximate surface area is 172 Å². The number of rotatable bonds is 5. The quantitative estimate of drug-likeness (QED) is 0.592. The van der Waals surface area contributed by atoms with Crippen LogP contribution in [0.1, 0.15) is 12.5 Å². The lowest BCUT2D eigenvalue weighted by Crippen LogP contribution is -2.41. The molecule has 1 fully saturated rings. The third-order valence-corrected chi connectivity index (χ3v) is 6.04. The number of carbonyl (C=O) groups is 2. The largest absolute Gasteiger partial charge is 0.486 e. The van der Waals surface area contributed by atoms with E-state index in [0.29, 0.717) is 47.6 Å². The number of fused-ring (bicyclic) bond motifs is 1. The normalized spacial score (nSPS) is 21.0. The number of amides is 3. The number of halogens is 1. The van der Waals surface area contributed by atoms with Crippen LogP contribution in [-0.2, 0) is 10.3 Å². The van der Waals surface area contributed by atoms with Crippen molar-refractivity contribution in [3.05, 3.63) is 53.1 Å². The lowest BCUT2D eigenvalue weighted by Gasteiger charge is -2.25. The molecule has 0 radical (unpaired) electrons. The molecule has 28 heavy (non-hydrogen) atoms. The van der Waals surface area contributed by atoms with Crippen LogP contribution in [-0.4, -0.2) is 42.3 Å². The van der Waals surface area contributed by atoms with Crippen molar-refractivity contribution < 1.29 is 19.1 Å². The van der Waals surface area contributed by atoms with E-state index in [9.17, 15) is 9.59 Å². The summed E-state index contributed by atoms with van der Waals surface area (Å²) in [5, 5.41) is 3.50. The van der Waals surface area contributed by atoms with Gasteiger partial charge in [-0.05, 0) is 48.9 Å². The Morgan fingerprint density at radius 1 is 1.11 bits per heavy atom. The van der Waals surface area contributed by atoms with Crippen LogP contribution in [0.3, 0.4) is 0 Å². The number of urea groups is 1. The van der Waals surface area contributed by atoms with Gasteiger partial charge in [0.1, 0.15) is 18.8 Å². The first-order valence-corrected chi connectivity index (χ1v) is 10.3. The molecule has 0 unspecified atom stereocenters. The van der Waals surface area contributed by atoms with E-state index in [-0.39, 0.29) is 11.9 Å². The van der Waals surface area contributed by atoms with Gasteiger partial charge in [-0.2, -0.15) is 0 Å². The van der Waals surface area contributed by atoms with Crippen LogP contribution in [0.4, 0.5) is 4.79 Å². The fourth-order valence-corrected chi connectivity index (χ4v) is 4.20. The van der Waals surface area contributed by atoms with E-state index in [1.807, 2.05) is 24.3 Å². The molecule has 0 bridgehead atoms. The zero-order valence-corrected chi connectivity index (χ0v) is 16.8. The zero-order chi connectivity index (χ0) is 19.7. The standard InChI is InChI=1S/C20H19ClN2O4S/c1-20(13-2-7-16-17(12-13)27-10-9-26-16)18(24)23(19(25)22-20)8-11-28-15-5-3-14(21)4-6-15/h2-7,12H,8-11H2,1H3,(H,22,25)/t20-/m1/s1. The summed E-state index contributed by atoms with van der Waals surface area (Å²) in [7, 11) is 0. The van der Waals surface area contributed by atoms with Crippen LogP contribution in [0, 0.1) is 0 Å². The van der Waals surface area contributed by atoms with Gasteiger partial charge in [0.25, 0.3) is 5.91 Å². The van der Waals surface area contributed by atoms with Crippen molar-refractivity contribution in [2.45, 2.75) is 17.4 Å². The van der Waals surface area contributed by atoms with E-state index in [0.717, 1.165) is 4.90 Å². The lowest BCUT2D eigenvalue weighted by atomic mass is 9.91. The third-order valence-electron chi connectivity index (χ3n) is 4.79. The number of thioether (sulfide) groups is 1. The molecule has 2 heterocycles. The summed E-state index contributed by atoms with van der Waals surface area (Å²) >= 11 is 7.46. The molecule has 146 valence electrons. The molecule has 0 aromatic heterocycles. The number of benzene rings is 2. The van der Waals surface area contributed by atoms with Crippen molar-refractivity contribution in [3.8, 4) is 11.5 Å². The molecule has 4 rings (SSSR count). The smallest absolute Gasteiger partial charge is 0.325 e. The van der Waals surface area contributed by atoms with Gasteiger partial charge < -0.3 is 14.8 Å². The molecule has 6 nitrogen and oxygen atoms in total. The van der Waals surface area contributed by atoms with E-state index in [2.05, 4.69) is 5.32 Å². The van der Waals surface area contributed by atoms with Gasteiger partial charge in [-0.25, -0.2) is 4.79 Å². The highest BCUT2D eigenvalue weighted by molar-refractivity contribution is 7.99. The SMILES string of the molecule is C[C@]1(c2ccc3c(c2)OCCO3)NC(=O)N(CCSc2ccc(Cl)cc2)C1=O. The Kier molecular flexibility index (Phi) is 5.12. The molecule has 2 aliphatic rings. The topological polar surface area (TPSA) is 67.9 Å². The number of carbonyl (C=O) groups excluding carboxylic acids is 2. The van der Waals surface area contributed by atoms with Crippen molar-refractivity contribution in [3.63, 3.8) is 0 Å². The highest BCUT2D eigenvalue weighted by Crippen LogP contribution is 2.37. The molecule has 1 saturated heterocycles. The van der Waals surface area contributed by atoms with Crippen LogP contribution in [0.15, 0.2) is 47.4 Å². The van der Waals surface area contributed by atoms with Gasteiger partial charge in [0.15, 0.2) is 11.5 Å². The minimum atomic E-state index is -1.13. The maximum absolute atomic E-state index is 13.0. The average Bonchev–Trinajstić information content (AvgIpc) is 2.93. The fraction of sp³-hybridized carbons (Fsp3) is 0.300. The summed E-state index contributed by atoms with van der Waals surface area (Å²) < 4.78 is 11.1. The monoisotopic (exact) mass is 418 g/mol. The molecule has 3 amide bonds. The summed E-state index contributed by atoms with van der Waals surface area (Å²) in [4.78, 5) is 27.8. The zero-order valence-electron chi connectivity index (χ0n) is 15.2. The Balaban J connectivity index is 1.46. The molecule has 1 atom stereocenters. The summed E-state index contributed by atoms with van der Waals surface area (Å²) in [6.45, 7) is 2.99. The second-order valence-corrected chi connectivity index (χ2v) is 8.28. The Morgan fingerprint density at radius 3 is 2.57 bits per heavy atom. The average molecular weight is 419 g/mol. The molecule has 8 heteroatoms. The van der Waals surface area contributed by atoms with E-state index in [1.165, 1.54) is 4.90 Å². The minimum absolute atomic E-state index is 0.272. The van der Waals surface area contributed by atoms with Gasteiger partial charge in [-0.1, -0.05) is 17.7 Å². The predicted octanol–water partition coefficient (Wildman–Crippen LogP) is 3.67. The van der Waals surface area contributed by atoms with Crippen LogP contribution in [0.5, 0.6) is 11.5 Å². The number of nitrogens with one attached hydrogen (secondary N) is 1. The second-order valence-electron chi connectivity index (χ2n) is 6.67. The molecule has 0 saturated carbocycles. The number of imide groups is 1. The van der Waals surface area contributed by atoms with Gasteiger partial charge in [0.2, 0.25) is 0 Å². The Morgan fingerprint density at radius 2 is 1.82 bits per heavy atom. The first kappa shape index (κ1) is 19.0. The Hall–Kier alpha value is -2.38. The van der Waals surface area contributed by atoms with Crippen molar-refractivity contribution in [2.24, 2.45) is 0 Å². The molecule has 2 aromatic rings. The molecule has 0 spiro atoms. The van der Waals surface area contributed by atoms with Crippen molar-refractivity contribution >= 4 is 35.3 Å². The predicted molar refractivity (Wildman–Crippen MR) is 107 cm³/mol. The van der Waals surface area contributed by atoms with Gasteiger partial charge in [0, 0.05) is 22.2 Å². The molecule has 1 N–H and O–H groups in total. The maximum atomic E-state index is 13.0. The van der Waals surface area contributed by atoms with E-state index < -0.39 is 5.54 Å². The Bertz CT molecular complexity index is 921. The summed E-state index contributed by atoms with van der Waals surface area (Å²) in [5.74, 6) is 1.55. The first-order chi connectivity index (χ1) is 13.5. The van der Waals surface area contributed by atoms with Crippen LogP contribution in [0.25, 0.3) is 0 Å². The molecular weight excluding hydrogens is 400 g/mol. The minimum Gasteiger partial charge on any atom is -0.486 e. The van der Waals surface area contributed by atoms with Crippen molar-refractivity contribution in [2.75, 3.05) is 25.5 Å². The summed E-state index contributed by atoms with van der Waals surface area (Å²) in [5.41, 5.74) is -0.458. The van der Waals surface area contributed by atoms with E-state index in [1.54, 1.807) is 36.9 Å². The van der Waals surface area contributed by atoms with Crippen molar-refractivity contribution in [1.29, 1.82) is 0 Å². The number of hydrogen-bond donors (Lipinski definition) is 1. The maximum Gasteiger partial charge on any atom is 0.325 e. The highest BCUT2D eigenvalue weighted by atomic mass is 35.5. The number of nitrogens with zero attached hydrogens (tertiary/aromatic N) is 1. The van der Waals surface area contributed by atoms with Gasteiger partial charge in [0.05, 0.1) is 0 Å². The van der Waals surface area contributed by atoms with Crippen LogP contribution in [0.2, 0.25) is 5.02 Å². The van der Waals surface area contributed by atoms with Crippen molar-refractivity contribution in [1.82, 2.24) is 10.2 Å². The van der Waals surface area contributed by atoms with E-state index >= 15 is 0 Å². The summed E-state index contributed by atoms with van der Waals surface area (Å²) in [6, 6.07) is 12.4. The first-order valence-electron chi connectivity index (χ1n) is 8.90. The molecule has 2 aliphatic heterocycles. The van der Waals surface area contributed by atoms with E-state index in [4.69, 9.17) is 21.1 Å². The molecular formula is C20H19ClN2O4S. The molecule has 2 aromatic carbocycles. The fourth-order valence-electron chi connectivity index (χ4n) is 3.24. The van der Waals surface area contributed by atoms with Gasteiger partial charge in [-0.3, -0.25) is 9.69 Å². The number of hydrogen-bond acceptors (Lipinski definition) is 5. The lowest BCUT2D eigenvalue weighted by molar-refractivity contribution is -0.130. The summed E-state index contributed by atoms with van der Waals surface area (Å²) in [6.07, 6.45) is 0. The van der Waals surface area contributed by atoms with Gasteiger partial charge >= 0.3 is 6.03 Å². The second kappa shape index (κ2) is 7.56. The van der Waals surface area contributed by atoms with Crippen LogP contribution >= 0.6 is 23.4 Å². The van der Waals surface area contributed by atoms with Crippen LogP contribution < -0.4 is 14.8 Å².